The number of H-pyrrole nitrogens is 1. The molecule has 0 radical (unpaired) electrons. The van der Waals surface area contributed by atoms with Crippen LogP contribution in [0.25, 0.3) is 11.3 Å². The lowest BCUT2D eigenvalue weighted by molar-refractivity contribution is 0.201. The number of likely N-dealkylation sites (tertiary alicyclic amines) is 1. The molecule has 0 aliphatic carbocycles. The number of nitrogens with one attached hydrogen (secondary N) is 1. The summed E-state index contributed by atoms with van der Waals surface area (Å²) in [5, 5.41) is 0. The molecule has 0 atom stereocenters. The fourth-order valence-corrected chi connectivity index (χ4v) is 4.04. The maximum absolute atomic E-state index is 12.2. The Hall–Kier alpha value is -3.19. The molecular weight excluding hydrogens is 392 g/mol. The van der Waals surface area contributed by atoms with Crippen molar-refractivity contribution in [2.45, 2.75) is 32.2 Å². The van der Waals surface area contributed by atoms with E-state index in [4.69, 9.17) is 14.5 Å². The number of aromatic amines is 1. The lowest BCUT2D eigenvalue weighted by Crippen LogP contribution is -2.33. The Labute approximate surface area is 182 Å². The molecule has 1 aliphatic heterocycles. The van der Waals surface area contributed by atoms with Crippen molar-refractivity contribution in [3.63, 3.8) is 0 Å². The third-order valence-electron chi connectivity index (χ3n) is 5.63. The Morgan fingerprint density at radius 2 is 2.00 bits per heavy atom. The lowest BCUT2D eigenvalue weighted by atomic mass is 9.95. The Bertz CT molecular complexity index is 1060. The van der Waals surface area contributed by atoms with Crippen LogP contribution >= 0.6 is 0 Å². The Balaban J connectivity index is 1.41. The van der Waals surface area contributed by atoms with Crippen molar-refractivity contribution in [1.82, 2.24) is 19.9 Å². The first-order valence-electron chi connectivity index (χ1n) is 10.7. The number of methoxy groups -OCH3 is 1. The fourth-order valence-electron chi connectivity index (χ4n) is 4.04. The molecule has 4 rings (SSSR count). The third-order valence-corrected chi connectivity index (χ3v) is 5.63. The number of nitrogens with zero attached hydrogens (tertiary/aromatic N) is 3. The highest BCUT2D eigenvalue weighted by atomic mass is 16.5. The van der Waals surface area contributed by atoms with Crippen LogP contribution in [0.1, 0.15) is 37.1 Å². The molecule has 3 aromatic rings. The number of aromatic nitrogens is 3. The SMILES string of the molecule is CCOc1ccc(CN2CCC(c3nc(-c4cccnc4)cc(=O)[nH]3)CC2)cc1OC. The second-order valence-electron chi connectivity index (χ2n) is 7.73. The van der Waals surface area contributed by atoms with Gasteiger partial charge in [-0.15, -0.1) is 0 Å². The molecule has 1 aliphatic rings. The van der Waals surface area contributed by atoms with E-state index in [0.717, 1.165) is 55.4 Å². The smallest absolute Gasteiger partial charge is 0.251 e. The number of hydrogen-bond donors (Lipinski definition) is 1. The molecule has 0 amide bonds. The minimum absolute atomic E-state index is 0.118. The largest absolute Gasteiger partial charge is 0.493 e. The molecule has 31 heavy (non-hydrogen) atoms. The number of piperidine rings is 1. The standard InChI is InChI=1S/C24H28N4O3/c1-3-31-21-7-6-17(13-22(21)30-2)16-28-11-8-18(9-12-28)24-26-20(14-23(29)27-24)19-5-4-10-25-15-19/h4-7,10,13-15,18H,3,8-9,11-12,16H2,1-2H3,(H,26,27,29). The summed E-state index contributed by atoms with van der Waals surface area (Å²) in [7, 11) is 1.67. The van der Waals surface area contributed by atoms with Gasteiger partial charge < -0.3 is 14.5 Å². The highest BCUT2D eigenvalue weighted by Crippen LogP contribution is 2.30. The first-order valence-corrected chi connectivity index (χ1v) is 10.7. The fraction of sp³-hybridized carbons (Fsp3) is 0.375. The number of hydrogen-bond acceptors (Lipinski definition) is 6. The zero-order chi connectivity index (χ0) is 21.6. The summed E-state index contributed by atoms with van der Waals surface area (Å²) in [5.41, 5.74) is 2.61. The van der Waals surface area contributed by atoms with E-state index in [1.54, 1.807) is 19.5 Å². The molecule has 1 saturated heterocycles. The minimum Gasteiger partial charge on any atom is -0.493 e. The maximum Gasteiger partial charge on any atom is 0.251 e. The molecule has 1 aromatic carbocycles. The van der Waals surface area contributed by atoms with Crippen LogP contribution in [0, 0.1) is 0 Å². The molecule has 0 bridgehead atoms. The molecule has 2 aromatic heterocycles. The normalized spacial score (nSPS) is 15.0. The molecule has 7 nitrogen and oxygen atoms in total. The van der Waals surface area contributed by atoms with Gasteiger partial charge in [0, 0.05) is 36.5 Å². The molecule has 1 N–H and O–H groups in total. The highest BCUT2D eigenvalue weighted by molar-refractivity contribution is 5.56. The number of pyridine rings is 1. The average Bonchev–Trinajstić information content (AvgIpc) is 2.81. The first-order chi connectivity index (χ1) is 15.2. The van der Waals surface area contributed by atoms with Crippen LogP contribution in [0.5, 0.6) is 11.5 Å². The van der Waals surface area contributed by atoms with E-state index in [0.29, 0.717) is 12.3 Å². The average molecular weight is 421 g/mol. The molecule has 162 valence electrons. The van der Waals surface area contributed by atoms with Gasteiger partial charge in [-0.2, -0.15) is 0 Å². The molecule has 3 heterocycles. The van der Waals surface area contributed by atoms with E-state index >= 15 is 0 Å². The van der Waals surface area contributed by atoms with E-state index in [-0.39, 0.29) is 11.5 Å². The second-order valence-corrected chi connectivity index (χ2v) is 7.73. The Morgan fingerprint density at radius 3 is 2.71 bits per heavy atom. The van der Waals surface area contributed by atoms with E-state index in [1.807, 2.05) is 31.2 Å². The maximum atomic E-state index is 12.2. The van der Waals surface area contributed by atoms with Gasteiger partial charge >= 0.3 is 0 Å². The van der Waals surface area contributed by atoms with Gasteiger partial charge in [0.05, 0.1) is 19.4 Å². The Kier molecular flexibility index (Phi) is 6.62. The van der Waals surface area contributed by atoms with Crippen LogP contribution in [0.4, 0.5) is 0 Å². The zero-order valence-electron chi connectivity index (χ0n) is 18.0. The summed E-state index contributed by atoms with van der Waals surface area (Å²) >= 11 is 0. The van der Waals surface area contributed by atoms with Crippen LogP contribution in [-0.2, 0) is 6.54 Å². The lowest BCUT2D eigenvalue weighted by Gasteiger charge is -2.31. The summed E-state index contributed by atoms with van der Waals surface area (Å²) in [6.07, 6.45) is 5.35. The molecule has 1 fully saturated rings. The van der Waals surface area contributed by atoms with Crippen molar-refractivity contribution < 1.29 is 9.47 Å². The molecule has 0 saturated carbocycles. The van der Waals surface area contributed by atoms with Crippen LogP contribution < -0.4 is 15.0 Å². The number of benzene rings is 1. The molecular formula is C24H28N4O3. The number of rotatable bonds is 7. The van der Waals surface area contributed by atoms with Crippen molar-refractivity contribution in [3.05, 3.63) is 70.5 Å². The summed E-state index contributed by atoms with van der Waals surface area (Å²) in [6.45, 7) is 5.32. The van der Waals surface area contributed by atoms with Gasteiger partial charge in [-0.05, 0) is 62.7 Å². The number of ether oxygens (including phenoxy) is 2. The Morgan fingerprint density at radius 1 is 1.16 bits per heavy atom. The van der Waals surface area contributed by atoms with Gasteiger partial charge in [-0.1, -0.05) is 6.07 Å². The van der Waals surface area contributed by atoms with Crippen molar-refractivity contribution in [1.29, 1.82) is 0 Å². The quantitative estimate of drug-likeness (QED) is 0.629. The van der Waals surface area contributed by atoms with Crippen LogP contribution in [-0.4, -0.2) is 46.7 Å². The van der Waals surface area contributed by atoms with Crippen molar-refractivity contribution >= 4 is 0 Å². The van der Waals surface area contributed by atoms with Gasteiger partial charge in [-0.3, -0.25) is 14.7 Å². The van der Waals surface area contributed by atoms with Gasteiger partial charge in [0.15, 0.2) is 11.5 Å². The predicted octanol–water partition coefficient (Wildman–Crippen LogP) is 3.62. The molecule has 0 spiro atoms. The first kappa shape index (κ1) is 21.1. The van der Waals surface area contributed by atoms with Gasteiger partial charge in [0.25, 0.3) is 5.56 Å². The zero-order valence-corrected chi connectivity index (χ0v) is 18.0. The highest BCUT2D eigenvalue weighted by Gasteiger charge is 2.23. The summed E-state index contributed by atoms with van der Waals surface area (Å²) < 4.78 is 11.1. The van der Waals surface area contributed by atoms with Crippen molar-refractivity contribution in [2.75, 3.05) is 26.8 Å². The van der Waals surface area contributed by atoms with Gasteiger partial charge in [0.2, 0.25) is 0 Å². The van der Waals surface area contributed by atoms with Gasteiger partial charge in [-0.25, -0.2) is 4.98 Å². The van der Waals surface area contributed by atoms with E-state index in [1.165, 1.54) is 11.6 Å². The van der Waals surface area contributed by atoms with Crippen molar-refractivity contribution in [2.24, 2.45) is 0 Å². The van der Waals surface area contributed by atoms with Crippen LogP contribution in [0.3, 0.4) is 0 Å². The third kappa shape index (κ3) is 5.11. The van der Waals surface area contributed by atoms with Crippen molar-refractivity contribution in [3.8, 4) is 22.8 Å². The van der Waals surface area contributed by atoms with E-state index in [2.05, 4.69) is 20.9 Å². The molecule has 0 unspecified atom stereocenters. The molecule has 7 heteroatoms. The summed E-state index contributed by atoms with van der Waals surface area (Å²) in [4.78, 5) is 26.5. The van der Waals surface area contributed by atoms with E-state index in [9.17, 15) is 4.79 Å². The second kappa shape index (κ2) is 9.75. The van der Waals surface area contributed by atoms with Crippen LogP contribution in [0.15, 0.2) is 53.6 Å². The monoisotopic (exact) mass is 420 g/mol. The predicted molar refractivity (Wildman–Crippen MR) is 120 cm³/mol. The van der Waals surface area contributed by atoms with Crippen LogP contribution in [0.2, 0.25) is 0 Å². The summed E-state index contributed by atoms with van der Waals surface area (Å²) in [6, 6.07) is 11.4. The topological polar surface area (TPSA) is 80.3 Å². The van der Waals surface area contributed by atoms with E-state index < -0.39 is 0 Å². The summed E-state index contributed by atoms with van der Waals surface area (Å²) in [5.74, 6) is 2.56. The van der Waals surface area contributed by atoms with Gasteiger partial charge in [0.1, 0.15) is 5.82 Å². The minimum atomic E-state index is -0.118.